The highest BCUT2D eigenvalue weighted by Gasteiger charge is 2.01. The fraction of sp³-hybridized carbons (Fsp3) is 0.857. The van der Waals surface area contributed by atoms with E-state index in [1.54, 1.807) is 0 Å². The Morgan fingerprint density at radius 3 is 2.71 bits per heavy atom. The van der Waals surface area contributed by atoms with Crippen molar-refractivity contribution in [3.8, 4) is 0 Å². The number of rotatable bonds is 9. The van der Waals surface area contributed by atoms with Crippen molar-refractivity contribution in [1.29, 1.82) is 0 Å². The first-order chi connectivity index (χ1) is 8.22. The molecule has 0 radical (unpaired) electrons. The third kappa shape index (κ3) is 6.44. The van der Waals surface area contributed by atoms with E-state index in [-0.39, 0.29) is 0 Å². The van der Waals surface area contributed by atoms with E-state index in [9.17, 15) is 0 Å². The molecule has 3 heteroatoms. The summed E-state index contributed by atoms with van der Waals surface area (Å²) in [6.07, 6.45) is 10.9. The fourth-order valence-corrected chi connectivity index (χ4v) is 1.95. The van der Waals surface area contributed by atoms with Crippen LogP contribution in [0.2, 0.25) is 0 Å². The zero-order valence-electron chi connectivity index (χ0n) is 11.7. The molecule has 0 N–H and O–H groups in total. The van der Waals surface area contributed by atoms with Gasteiger partial charge in [-0.25, -0.2) is 0 Å². The van der Waals surface area contributed by atoms with Crippen LogP contribution in [0, 0.1) is 5.92 Å². The molecule has 0 aliphatic carbocycles. The molecule has 0 saturated carbocycles. The summed E-state index contributed by atoms with van der Waals surface area (Å²) in [6.45, 7) is 7.80. The lowest BCUT2D eigenvalue weighted by Gasteiger charge is -2.01. The molecule has 0 aliphatic heterocycles. The highest BCUT2D eigenvalue weighted by atomic mass is 15.4. The summed E-state index contributed by atoms with van der Waals surface area (Å²) in [5.41, 5.74) is 1.15. The van der Waals surface area contributed by atoms with Crippen LogP contribution in [0.25, 0.3) is 0 Å². The molecule has 0 spiro atoms. The van der Waals surface area contributed by atoms with Gasteiger partial charge >= 0.3 is 0 Å². The van der Waals surface area contributed by atoms with Gasteiger partial charge in [0.05, 0.1) is 5.69 Å². The second-order valence-corrected chi connectivity index (χ2v) is 5.32. The second-order valence-electron chi connectivity index (χ2n) is 5.32. The van der Waals surface area contributed by atoms with Crippen LogP contribution >= 0.6 is 0 Å². The standard InChI is InChI=1S/C14H27N3/c1-4-5-6-7-11-17-12-14(15-16-17)10-8-9-13(2)3/h12-13H,4-11H2,1-3H3. The van der Waals surface area contributed by atoms with Crippen LogP contribution < -0.4 is 0 Å². The van der Waals surface area contributed by atoms with E-state index < -0.39 is 0 Å². The van der Waals surface area contributed by atoms with Crippen LogP contribution in [0.1, 0.15) is 65.0 Å². The Labute approximate surface area is 106 Å². The van der Waals surface area contributed by atoms with Gasteiger partial charge in [0, 0.05) is 12.7 Å². The highest BCUT2D eigenvalue weighted by Crippen LogP contribution is 2.08. The number of aryl methyl sites for hydroxylation is 2. The minimum atomic E-state index is 0.791. The molecule has 0 amide bonds. The van der Waals surface area contributed by atoms with Gasteiger partial charge in [0.2, 0.25) is 0 Å². The fourth-order valence-electron chi connectivity index (χ4n) is 1.95. The molecule has 0 bridgehead atoms. The Morgan fingerprint density at radius 2 is 2.00 bits per heavy atom. The van der Waals surface area contributed by atoms with Crippen molar-refractivity contribution in [2.24, 2.45) is 5.92 Å². The van der Waals surface area contributed by atoms with E-state index in [1.807, 2.05) is 4.68 Å². The molecule has 3 nitrogen and oxygen atoms in total. The molecule has 0 aliphatic rings. The molecule has 0 unspecified atom stereocenters. The topological polar surface area (TPSA) is 30.7 Å². The Kier molecular flexibility index (Phi) is 6.90. The summed E-state index contributed by atoms with van der Waals surface area (Å²) in [4.78, 5) is 0. The third-order valence-electron chi connectivity index (χ3n) is 3.04. The maximum atomic E-state index is 4.22. The molecule has 1 aromatic heterocycles. The normalized spacial score (nSPS) is 11.3. The smallest absolute Gasteiger partial charge is 0.0827 e. The Balaban J connectivity index is 2.18. The van der Waals surface area contributed by atoms with Gasteiger partial charge in [-0.3, -0.25) is 4.68 Å². The van der Waals surface area contributed by atoms with Crippen LogP contribution in [-0.4, -0.2) is 15.0 Å². The van der Waals surface area contributed by atoms with Gasteiger partial charge in [0.1, 0.15) is 0 Å². The van der Waals surface area contributed by atoms with Crippen molar-refractivity contribution in [2.45, 2.75) is 72.3 Å². The number of nitrogens with zero attached hydrogens (tertiary/aromatic N) is 3. The quantitative estimate of drug-likeness (QED) is 0.611. The molecule has 1 aromatic rings. The zero-order valence-corrected chi connectivity index (χ0v) is 11.7. The Bertz CT molecular complexity index is 291. The van der Waals surface area contributed by atoms with E-state index in [0.717, 1.165) is 24.6 Å². The maximum absolute atomic E-state index is 4.22. The molecule has 1 heterocycles. The lowest BCUT2D eigenvalue weighted by Crippen LogP contribution is -1.98. The number of hydrogen-bond donors (Lipinski definition) is 0. The average molecular weight is 237 g/mol. The van der Waals surface area contributed by atoms with Crippen molar-refractivity contribution in [1.82, 2.24) is 15.0 Å². The van der Waals surface area contributed by atoms with Gasteiger partial charge in [-0.05, 0) is 25.2 Å². The second kappa shape index (κ2) is 8.26. The van der Waals surface area contributed by atoms with Crippen molar-refractivity contribution >= 4 is 0 Å². The minimum Gasteiger partial charge on any atom is -0.252 e. The molecule has 98 valence electrons. The van der Waals surface area contributed by atoms with Crippen molar-refractivity contribution < 1.29 is 0 Å². The summed E-state index contributed by atoms with van der Waals surface area (Å²) in [6, 6.07) is 0. The Hall–Kier alpha value is -0.860. The van der Waals surface area contributed by atoms with E-state index in [2.05, 4.69) is 37.3 Å². The van der Waals surface area contributed by atoms with Gasteiger partial charge < -0.3 is 0 Å². The van der Waals surface area contributed by atoms with Gasteiger partial charge in [-0.1, -0.05) is 51.7 Å². The number of aromatic nitrogens is 3. The number of hydrogen-bond acceptors (Lipinski definition) is 2. The molecule has 1 rings (SSSR count). The highest BCUT2D eigenvalue weighted by molar-refractivity contribution is 4.92. The predicted molar refractivity (Wildman–Crippen MR) is 71.9 cm³/mol. The van der Waals surface area contributed by atoms with Gasteiger partial charge in [0.25, 0.3) is 0 Å². The Morgan fingerprint density at radius 1 is 1.18 bits per heavy atom. The maximum Gasteiger partial charge on any atom is 0.0827 e. The summed E-state index contributed by atoms with van der Waals surface area (Å²) in [5.74, 6) is 0.791. The largest absolute Gasteiger partial charge is 0.252 e. The lowest BCUT2D eigenvalue weighted by atomic mass is 10.1. The molecule has 0 fully saturated rings. The van der Waals surface area contributed by atoms with Crippen LogP contribution in [0.15, 0.2) is 6.20 Å². The minimum absolute atomic E-state index is 0.791. The first-order valence-electron chi connectivity index (χ1n) is 7.11. The third-order valence-corrected chi connectivity index (χ3v) is 3.04. The molecule has 0 aromatic carbocycles. The summed E-state index contributed by atoms with van der Waals surface area (Å²) in [5, 5.41) is 8.40. The molecular weight excluding hydrogens is 210 g/mol. The van der Waals surface area contributed by atoms with Crippen LogP contribution in [-0.2, 0) is 13.0 Å². The summed E-state index contributed by atoms with van der Waals surface area (Å²) >= 11 is 0. The van der Waals surface area contributed by atoms with Crippen LogP contribution in [0.5, 0.6) is 0 Å². The van der Waals surface area contributed by atoms with Crippen molar-refractivity contribution in [3.05, 3.63) is 11.9 Å². The van der Waals surface area contributed by atoms with Gasteiger partial charge in [-0.15, -0.1) is 5.10 Å². The predicted octanol–water partition coefficient (Wildman–Crippen LogP) is 3.84. The first-order valence-corrected chi connectivity index (χ1v) is 7.11. The van der Waals surface area contributed by atoms with Gasteiger partial charge in [-0.2, -0.15) is 0 Å². The SMILES string of the molecule is CCCCCCn1cc(CCCC(C)C)nn1. The lowest BCUT2D eigenvalue weighted by molar-refractivity contribution is 0.527. The summed E-state index contributed by atoms with van der Waals surface area (Å²) in [7, 11) is 0. The molecule has 17 heavy (non-hydrogen) atoms. The van der Waals surface area contributed by atoms with Crippen LogP contribution in [0.4, 0.5) is 0 Å². The molecule has 0 saturated heterocycles. The van der Waals surface area contributed by atoms with E-state index in [4.69, 9.17) is 0 Å². The summed E-state index contributed by atoms with van der Waals surface area (Å²) < 4.78 is 2.00. The average Bonchev–Trinajstić information content (AvgIpc) is 2.72. The van der Waals surface area contributed by atoms with E-state index in [0.29, 0.717) is 0 Å². The van der Waals surface area contributed by atoms with Crippen molar-refractivity contribution in [2.75, 3.05) is 0 Å². The van der Waals surface area contributed by atoms with E-state index >= 15 is 0 Å². The molecular formula is C14H27N3. The van der Waals surface area contributed by atoms with Gasteiger partial charge in [0.15, 0.2) is 0 Å². The number of unbranched alkanes of at least 4 members (excludes halogenated alkanes) is 3. The van der Waals surface area contributed by atoms with E-state index in [1.165, 1.54) is 38.5 Å². The van der Waals surface area contributed by atoms with Crippen molar-refractivity contribution in [3.63, 3.8) is 0 Å². The monoisotopic (exact) mass is 237 g/mol. The zero-order chi connectivity index (χ0) is 12.5. The first kappa shape index (κ1) is 14.2. The van der Waals surface area contributed by atoms with Crippen LogP contribution in [0.3, 0.4) is 0 Å². The molecule has 0 atom stereocenters.